The molecule has 3 rings (SSSR count). The SMILES string of the molecule is O=C(Nc1ccc2cc(Br)ccc2c1)C1CCOC1. The smallest absolute Gasteiger partial charge is 0.229 e. The molecule has 1 saturated heterocycles. The normalized spacial score (nSPS) is 18.7. The minimum atomic E-state index is -0.0133. The number of carbonyl (C=O) groups excluding carboxylic acids is 1. The van der Waals surface area contributed by atoms with Crippen molar-refractivity contribution in [2.24, 2.45) is 5.92 Å². The molecule has 0 aromatic heterocycles. The minimum absolute atomic E-state index is 0.0133. The number of fused-ring (bicyclic) bond motifs is 1. The van der Waals surface area contributed by atoms with E-state index in [-0.39, 0.29) is 11.8 Å². The van der Waals surface area contributed by atoms with Crippen LogP contribution in [0.2, 0.25) is 0 Å². The molecule has 3 nitrogen and oxygen atoms in total. The molecule has 1 unspecified atom stereocenters. The van der Waals surface area contributed by atoms with Gasteiger partial charge in [0.05, 0.1) is 12.5 Å². The first-order chi connectivity index (χ1) is 9.22. The van der Waals surface area contributed by atoms with E-state index in [1.54, 1.807) is 0 Å². The van der Waals surface area contributed by atoms with Gasteiger partial charge in [-0.1, -0.05) is 28.1 Å². The zero-order chi connectivity index (χ0) is 13.2. The van der Waals surface area contributed by atoms with Crippen LogP contribution < -0.4 is 5.32 Å². The zero-order valence-electron chi connectivity index (χ0n) is 10.4. The van der Waals surface area contributed by atoms with Gasteiger partial charge in [-0.25, -0.2) is 0 Å². The molecular formula is C15H14BrNO2. The zero-order valence-corrected chi connectivity index (χ0v) is 11.9. The Morgan fingerprint density at radius 1 is 1.21 bits per heavy atom. The summed E-state index contributed by atoms with van der Waals surface area (Å²) in [5.74, 6) is 0.0366. The van der Waals surface area contributed by atoms with Crippen molar-refractivity contribution in [1.82, 2.24) is 0 Å². The molecule has 1 N–H and O–H groups in total. The number of halogens is 1. The van der Waals surface area contributed by atoms with E-state index in [2.05, 4.69) is 27.3 Å². The number of amides is 1. The summed E-state index contributed by atoms with van der Waals surface area (Å²) in [5, 5.41) is 5.22. The predicted molar refractivity (Wildman–Crippen MR) is 79.2 cm³/mol. The van der Waals surface area contributed by atoms with Gasteiger partial charge < -0.3 is 10.1 Å². The van der Waals surface area contributed by atoms with Gasteiger partial charge in [0.25, 0.3) is 0 Å². The molecule has 0 bridgehead atoms. The summed E-state index contributed by atoms with van der Waals surface area (Å²) in [6.45, 7) is 1.22. The lowest BCUT2D eigenvalue weighted by atomic mass is 10.1. The summed E-state index contributed by atoms with van der Waals surface area (Å²) in [6, 6.07) is 12.0. The second kappa shape index (κ2) is 5.31. The Morgan fingerprint density at radius 2 is 2.00 bits per heavy atom. The largest absolute Gasteiger partial charge is 0.381 e. The molecule has 1 heterocycles. The Bertz CT molecular complexity index is 621. The first kappa shape index (κ1) is 12.6. The summed E-state index contributed by atoms with van der Waals surface area (Å²) in [6.07, 6.45) is 0.812. The number of nitrogens with one attached hydrogen (secondary N) is 1. The van der Waals surface area contributed by atoms with Gasteiger partial charge in [-0.15, -0.1) is 0 Å². The molecule has 0 saturated carbocycles. The van der Waals surface area contributed by atoms with E-state index in [1.165, 1.54) is 0 Å². The molecule has 0 aliphatic carbocycles. The highest BCUT2D eigenvalue weighted by molar-refractivity contribution is 9.10. The fraction of sp³-hybridized carbons (Fsp3) is 0.267. The molecule has 2 aromatic rings. The van der Waals surface area contributed by atoms with Crippen LogP contribution in [-0.4, -0.2) is 19.1 Å². The lowest BCUT2D eigenvalue weighted by Gasteiger charge is -2.10. The number of carbonyl (C=O) groups is 1. The van der Waals surface area contributed by atoms with Crippen LogP contribution >= 0.6 is 15.9 Å². The Labute approximate surface area is 120 Å². The highest BCUT2D eigenvalue weighted by Gasteiger charge is 2.23. The molecule has 1 aliphatic rings. The van der Waals surface area contributed by atoms with Crippen molar-refractivity contribution in [1.29, 1.82) is 0 Å². The number of hydrogen-bond donors (Lipinski definition) is 1. The quantitative estimate of drug-likeness (QED) is 0.918. The molecule has 1 aliphatic heterocycles. The van der Waals surface area contributed by atoms with Crippen molar-refractivity contribution < 1.29 is 9.53 Å². The van der Waals surface area contributed by atoms with Gasteiger partial charge >= 0.3 is 0 Å². The van der Waals surface area contributed by atoms with Crippen LogP contribution in [-0.2, 0) is 9.53 Å². The van der Waals surface area contributed by atoms with Crippen LogP contribution in [0.4, 0.5) is 5.69 Å². The van der Waals surface area contributed by atoms with Crippen molar-refractivity contribution in [3.63, 3.8) is 0 Å². The average molecular weight is 320 g/mol. The van der Waals surface area contributed by atoms with Gasteiger partial charge in [-0.05, 0) is 41.5 Å². The third kappa shape index (κ3) is 2.80. The Morgan fingerprint density at radius 3 is 2.79 bits per heavy atom. The van der Waals surface area contributed by atoms with E-state index >= 15 is 0 Å². The molecule has 0 radical (unpaired) electrons. The molecule has 0 spiro atoms. The summed E-state index contributed by atoms with van der Waals surface area (Å²) in [5.41, 5.74) is 0.840. The van der Waals surface area contributed by atoms with Gasteiger partial charge in [0.15, 0.2) is 0 Å². The van der Waals surface area contributed by atoms with E-state index in [4.69, 9.17) is 4.74 Å². The van der Waals surface area contributed by atoms with Crippen LogP contribution in [0.5, 0.6) is 0 Å². The summed E-state index contributed by atoms with van der Waals surface area (Å²) in [4.78, 5) is 12.0. The van der Waals surface area contributed by atoms with Crippen molar-refractivity contribution in [3.8, 4) is 0 Å². The second-order valence-corrected chi connectivity index (χ2v) is 5.67. The maximum atomic E-state index is 12.0. The maximum Gasteiger partial charge on any atom is 0.229 e. The average Bonchev–Trinajstić information content (AvgIpc) is 2.93. The lowest BCUT2D eigenvalue weighted by molar-refractivity contribution is -0.119. The molecule has 19 heavy (non-hydrogen) atoms. The van der Waals surface area contributed by atoms with Crippen LogP contribution in [0.3, 0.4) is 0 Å². The molecule has 4 heteroatoms. The molecule has 1 amide bonds. The Hall–Kier alpha value is -1.39. The number of ether oxygens (including phenoxy) is 1. The molecule has 2 aromatic carbocycles. The van der Waals surface area contributed by atoms with Crippen LogP contribution in [0, 0.1) is 5.92 Å². The molecular weight excluding hydrogens is 306 g/mol. The summed E-state index contributed by atoms with van der Waals surface area (Å²) in [7, 11) is 0. The summed E-state index contributed by atoms with van der Waals surface area (Å²) < 4.78 is 6.29. The van der Waals surface area contributed by atoms with Crippen molar-refractivity contribution in [2.45, 2.75) is 6.42 Å². The number of benzene rings is 2. The first-order valence-electron chi connectivity index (χ1n) is 6.30. The maximum absolute atomic E-state index is 12.0. The number of hydrogen-bond acceptors (Lipinski definition) is 2. The fourth-order valence-corrected chi connectivity index (χ4v) is 2.66. The van der Waals surface area contributed by atoms with Crippen molar-refractivity contribution in [3.05, 3.63) is 40.9 Å². The van der Waals surface area contributed by atoms with Crippen LogP contribution in [0.25, 0.3) is 10.8 Å². The fourth-order valence-electron chi connectivity index (χ4n) is 2.28. The number of anilines is 1. The monoisotopic (exact) mass is 319 g/mol. The molecule has 1 atom stereocenters. The molecule has 98 valence electrons. The third-order valence-electron chi connectivity index (χ3n) is 3.37. The van der Waals surface area contributed by atoms with Crippen molar-refractivity contribution >= 4 is 38.3 Å². The van der Waals surface area contributed by atoms with E-state index < -0.39 is 0 Å². The highest BCUT2D eigenvalue weighted by Crippen LogP contribution is 2.24. The Kier molecular flexibility index (Phi) is 3.53. The number of rotatable bonds is 2. The minimum Gasteiger partial charge on any atom is -0.381 e. The second-order valence-electron chi connectivity index (χ2n) is 4.76. The van der Waals surface area contributed by atoms with E-state index in [9.17, 15) is 4.79 Å². The van der Waals surface area contributed by atoms with E-state index in [0.29, 0.717) is 13.2 Å². The first-order valence-corrected chi connectivity index (χ1v) is 7.09. The van der Waals surface area contributed by atoms with E-state index in [0.717, 1.165) is 27.4 Å². The van der Waals surface area contributed by atoms with E-state index in [1.807, 2.05) is 30.3 Å². The standard InChI is InChI=1S/C15H14BrNO2/c16-13-3-1-11-8-14(4-2-10(11)7-13)17-15(18)12-5-6-19-9-12/h1-4,7-8,12H,5-6,9H2,(H,17,18). The predicted octanol–water partition coefficient (Wildman–Crippen LogP) is 3.58. The highest BCUT2D eigenvalue weighted by atomic mass is 79.9. The Balaban J connectivity index is 1.81. The van der Waals surface area contributed by atoms with Crippen molar-refractivity contribution in [2.75, 3.05) is 18.5 Å². The third-order valence-corrected chi connectivity index (χ3v) is 3.86. The van der Waals surface area contributed by atoms with Gasteiger partial charge in [0.2, 0.25) is 5.91 Å². The lowest BCUT2D eigenvalue weighted by Crippen LogP contribution is -2.22. The summed E-state index contributed by atoms with van der Waals surface area (Å²) >= 11 is 3.45. The topological polar surface area (TPSA) is 38.3 Å². The van der Waals surface area contributed by atoms with Crippen LogP contribution in [0.15, 0.2) is 40.9 Å². The van der Waals surface area contributed by atoms with Gasteiger partial charge in [0, 0.05) is 16.8 Å². The van der Waals surface area contributed by atoms with Gasteiger partial charge in [0.1, 0.15) is 0 Å². The van der Waals surface area contributed by atoms with Crippen LogP contribution in [0.1, 0.15) is 6.42 Å². The van der Waals surface area contributed by atoms with Gasteiger partial charge in [-0.2, -0.15) is 0 Å². The van der Waals surface area contributed by atoms with Gasteiger partial charge in [-0.3, -0.25) is 4.79 Å². The molecule has 1 fully saturated rings.